The lowest BCUT2D eigenvalue weighted by Gasteiger charge is -2.06. The van der Waals surface area contributed by atoms with E-state index in [1.54, 1.807) is 12.4 Å². The summed E-state index contributed by atoms with van der Waals surface area (Å²) in [6, 6.07) is 9.47. The summed E-state index contributed by atoms with van der Waals surface area (Å²) in [5.41, 5.74) is 9.19. The average Bonchev–Trinajstić information content (AvgIpc) is 2.81. The molecule has 0 aliphatic rings. The fraction of sp³-hybridized carbons (Fsp3) is 0.143. The smallest absolute Gasteiger partial charge is 0.142 e. The first kappa shape index (κ1) is 11.7. The van der Waals surface area contributed by atoms with Crippen molar-refractivity contribution < 1.29 is 5.11 Å². The van der Waals surface area contributed by atoms with Gasteiger partial charge in [0.2, 0.25) is 0 Å². The van der Waals surface area contributed by atoms with E-state index < -0.39 is 0 Å². The number of hydrogen-bond acceptors (Lipinski definition) is 4. The van der Waals surface area contributed by atoms with Gasteiger partial charge in [-0.2, -0.15) is 0 Å². The highest BCUT2D eigenvalue weighted by atomic mass is 16.3. The Morgan fingerprint density at radius 2 is 2.11 bits per heavy atom. The van der Waals surface area contributed by atoms with Crippen LogP contribution < -0.4 is 5.73 Å². The average molecular weight is 254 g/mol. The molecule has 3 aromatic rings. The summed E-state index contributed by atoms with van der Waals surface area (Å²) >= 11 is 0. The number of fused-ring (bicyclic) bond motifs is 1. The van der Waals surface area contributed by atoms with Crippen LogP contribution in [0.25, 0.3) is 22.4 Å². The third kappa shape index (κ3) is 1.94. The molecule has 0 radical (unpaired) electrons. The second-order valence-corrected chi connectivity index (χ2v) is 4.27. The number of nitrogen functional groups attached to an aromatic ring is 1. The van der Waals surface area contributed by atoms with Gasteiger partial charge in [-0.3, -0.25) is 4.98 Å². The minimum atomic E-state index is 0.0491. The number of anilines is 1. The standard InChI is InChI=1S/C14H14N4O/c15-11-4-1-5-12-13(11)17-14(18(12)7-8-19)10-3-2-6-16-9-10/h1-6,9,19H,7-8,15H2. The minimum absolute atomic E-state index is 0.0491. The van der Waals surface area contributed by atoms with E-state index in [4.69, 9.17) is 5.73 Å². The lowest BCUT2D eigenvalue weighted by molar-refractivity contribution is 0.278. The Bertz CT molecular complexity index is 706. The van der Waals surface area contributed by atoms with Crippen LogP contribution in [-0.2, 0) is 6.54 Å². The summed E-state index contributed by atoms with van der Waals surface area (Å²) in [6.07, 6.45) is 3.47. The Labute approximate surface area is 110 Å². The van der Waals surface area contributed by atoms with E-state index >= 15 is 0 Å². The molecule has 3 N–H and O–H groups in total. The summed E-state index contributed by atoms with van der Waals surface area (Å²) in [7, 11) is 0. The van der Waals surface area contributed by atoms with Gasteiger partial charge >= 0.3 is 0 Å². The van der Waals surface area contributed by atoms with E-state index in [2.05, 4.69) is 9.97 Å². The Morgan fingerprint density at radius 1 is 1.21 bits per heavy atom. The lowest BCUT2D eigenvalue weighted by Crippen LogP contribution is -2.04. The Balaban J connectivity index is 2.29. The van der Waals surface area contributed by atoms with E-state index in [0.717, 1.165) is 22.4 Å². The van der Waals surface area contributed by atoms with Gasteiger partial charge in [-0.15, -0.1) is 0 Å². The van der Waals surface area contributed by atoms with Gasteiger partial charge < -0.3 is 15.4 Å². The van der Waals surface area contributed by atoms with Crippen LogP contribution in [0.4, 0.5) is 5.69 Å². The molecule has 0 saturated carbocycles. The number of hydrogen-bond donors (Lipinski definition) is 2. The first-order valence-electron chi connectivity index (χ1n) is 6.07. The number of aromatic nitrogens is 3. The normalized spacial score (nSPS) is 11.0. The topological polar surface area (TPSA) is 77.0 Å². The van der Waals surface area contributed by atoms with E-state index in [0.29, 0.717) is 12.2 Å². The quantitative estimate of drug-likeness (QED) is 0.697. The van der Waals surface area contributed by atoms with Crippen LogP contribution in [0, 0.1) is 0 Å². The number of nitrogens with zero attached hydrogens (tertiary/aromatic N) is 3. The first-order valence-corrected chi connectivity index (χ1v) is 6.07. The molecular weight excluding hydrogens is 240 g/mol. The van der Waals surface area contributed by atoms with E-state index in [1.165, 1.54) is 0 Å². The Kier molecular flexibility index (Phi) is 2.89. The van der Waals surface area contributed by atoms with Crippen molar-refractivity contribution in [1.29, 1.82) is 0 Å². The van der Waals surface area contributed by atoms with Crippen molar-refractivity contribution in [2.24, 2.45) is 0 Å². The number of nitrogens with two attached hydrogens (primary N) is 1. The number of benzene rings is 1. The van der Waals surface area contributed by atoms with Gasteiger partial charge in [0.25, 0.3) is 0 Å². The fourth-order valence-electron chi connectivity index (χ4n) is 2.21. The van der Waals surface area contributed by atoms with Crippen molar-refractivity contribution in [3.8, 4) is 11.4 Å². The number of rotatable bonds is 3. The van der Waals surface area contributed by atoms with Gasteiger partial charge in [-0.1, -0.05) is 6.07 Å². The molecule has 19 heavy (non-hydrogen) atoms. The zero-order valence-corrected chi connectivity index (χ0v) is 10.3. The van der Waals surface area contributed by atoms with E-state index in [9.17, 15) is 5.11 Å². The molecule has 0 atom stereocenters. The fourth-order valence-corrected chi connectivity index (χ4v) is 2.21. The maximum atomic E-state index is 9.24. The summed E-state index contributed by atoms with van der Waals surface area (Å²) in [5, 5.41) is 9.24. The summed E-state index contributed by atoms with van der Waals surface area (Å²) in [6.45, 7) is 0.525. The molecule has 3 rings (SSSR count). The second kappa shape index (κ2) is 4.70. The monoisotopic (exact) mass is 254 g/mol. The molecule has 2 heterocycles. The highest BCUT2D eigenvalue weighted by Gasteiger charge is 2.13. The molecule has 0 saturated heterocycles. The van der Waals surface area contributed by atoms with Gasteiger partial charge in [-0.05, 0) is 24.3 Å². The maximum Gasteiger partial charge on any atom is 0.142 e. The molecule has 0 spiro atoms. The largest absolute Gasteiger partial charge is 0.397 e. The van der Waals surface area contributed by atoms with E-state index in [-0.39, 0.29) is 6.61 Å². The Morgan fingerprint density at radius 3 is 2.84 bits per heavy atom. The molecule has 0 aliphatic carbocycles. The third-order valence-corrected chi connectivity index (χ3v) is 3.05. The van der Waals surface area contributed by atoms with Crippen molar-refractivity contribution in [1.82, 2.24) is 14.5 Å². The van der Waals surface area contributed by atoms with Crippen LogP contribution in [0.3, 0.4) is 0 Å². The van der Waals surface area contributed by atoms with E-state index in [1.807, 2.05) is 34.9 Å². The molecule has 0 unspecified atom stereocenters. The second-order valence-electron chi connectivity index (χ2n) is 4.27. The molecular formula is C14H14N4O. The number of para-hydroxylation sites is 1. The van der Waals surface area contributed by atoms with Gasteiger partial charge in [-0.25, -0.2) is 4.98 Å². The number of aliphatic hydroxyl groups excluding tert-OH is 1. The van der Waals surface area contributed by atoms with Crippen molar-refractivity contribution >= 4 is 16.7 Å². The van der Waals surface area contributed by atoms with Crippen LogP contribution in [-0.4, -0.2) is 26.2 Å². The van der Waals surface area contributed by atoms with Crippen molar-refractivity contribution in [2.45, 2.75) is 6.54 Å². The molecule has 1 aromatic carbocycles. The van der Waals surface area contributed by atoms with Crippen LogP contribution in [0.1, 0.15) is 0 Å². The highest BCUT2D eigenvalue weighted by molar-refractivity contribution is 5.90. The van der Waals surface area contributed by atoms with Crippen LogP contribution in [0.15, 0.2) is 42.7 Å². The number of imidazole rings is 1. The molecule has 0 fully saturated rings. The first-order chi connectivity index (χ1) is 9.31. The summed E-state index contributed by atoms with van der Waals surface area (Å²) < 4.78 is 1.96. The van der Waals surface area contributed by atoms with Gasteiger partial charge in [0, 0.05) is 24.5 Å². The molecule has 0 amide bonds. The van der Waals surface area contributed by atoms with Crippen LogP contribution >= 0.6 is 0 Å². The molecule has 2 aromatic heterocycles. The predicted molar refractivity (Wildman–Crippen MR) is 74.5 cm³/mol. The molecule has 0 bridgehead atoms. The number of aliphatic hydroxyl groups is 1. The molecule has 5 nitrogen and oxygen atoms in total. The predicted octanol–water partition coefficient (Wildman–Crippen LogP) is 1.67. The molecule has 5 heteroatoms. The van der Waals surface area contributed by atoms with Gasteiger partial charge in [0.1, 0.15) is 11.3 Å². The highest BCUT2D eigenvalue weighted by Crippen LogP contribution is 2.27. The van der Waals surface area contributed by atoms with Gasteiger partial charge in [0.05, 0.1) is 17.8 Å². The zero-order chi connectivity index (χ0) is 13.2. The summed E-state index contributed by atoms with van der Waals surface area (Å²) in [5.74, 6) is 0.773. The SMILES string of the molecule is Nc1cccc2c1nc(-c1cccnc1)n2CCO. The van der Waals surface area contributed by atoms with Crippen molar-refractivity contribution in [2.75, 3.05) is 12.3 Å². The van der Waals surface area contributed by atoms with Gasteiger partial charge in [0.15, 0.2) is 0 Å². The minimum Gasteiger partial charge on any atom is -0.397 e. The maximum absolute atomic E-state index is 9.24. The Hall–Kier alpha value is -2.40. The zero-order valence-electron chi connectivity index (χ0n) is 10.3. The van der Waals surface area contributed by atoms with Crippen molar-refractivity contribution in [3.05, 3.63) is 42.7 Å². The van der Waals surface area contributed by atoms with Crippen molar-refractivity contribution in [3.63, 3.8) is 0 Å². The number of pyridine rings is 1. The molecule has 0 aliphatic heterocycles. The molecule has 96 valence electrons. The van der Waals surface area contributed by atoms with Crippen LogP contribution in [0.5, 0.6) is 0 Å². The summed E-state index contributed by atoms with van der Waals surface area (Å²) in [4.78, 5) is 8.70. The van der Waals surface area contributed by atoms with Crippen LogP contribution in [0.2, 0.25) is 0 Å². The third-order valence-electron chi connectivity index (χ3n) is 3.05. The lowest BCUT2D eigenvalue weighted by atomic mass is 10.2.